The van der Waals surface area contributed by atoms with Crippen LogP contribution in [0, 0.1) is 7.14 Å². The number of hydrogen-bond acceptors (Lipinski definition) is 12. The smallest absolute Gasteiger partial charge is 0.344 e. The fourth-order valence-corrected chi connectivity index (χ4v) is 7.84. The third kappa shape index (κ3) is 8.53. The first-order valence-electron chi connectivity index (χ1n) is 14.5. The molecule has 0 spiro atoms. The molecular formula is C32H32I2N2O10S. The van der Waals surface area contributed by atoms with E-state index in [0.29, 0.717) is 44.4 Å². The van der Waals surface area contributed by atoms with E-state index in [9.17, 15) is 19.2 Å². The summed E-state index contributed by atoms with van der Waals surface area (Å²) >= 11 is 5.42. The van der Waals surface area contributed by atoms with Crippen LogP contribution in [0.25, 0.3) is 6.08 Å². The lowest BCUT2D eigenvalue weighted by atomic mass is 9.95. The van der Waals surface area contributed by atoms with Gasteiger partial charge >= 0.3 is 17.9 Å². The molecule has 1 aliphatic heterocycles. The highest BCUT2D eigenvalue weighted by Crippen LogP contribution is 2.36. The molecule has 47 heavy (non-hydrogen) atoms. The van der Waals surface area contributed by atoms with Crippen molar-refractivity contribution in [3.05, 3.63) is 79.6 Å². The number of aromatic nitrogens is 1. The molecule has 15 heteroatoms. The Hall–Kier alpha value is -3.45. The van der Waals surface area contributed by atoms with Crippen LogP contribution >= 0.6 is 56.5 Å². The number of methoxy groups -OCH3 is 1. The molecule has 12 nitrogen and oxygen atoms in total. The van der Waals surface area contributed by atoms with Crippen LogP contribution in [0.5, 0.6) is 17.2 Å². The fourth-order valence-electron chi connectivity index (χ4n) is 4.67. The molecular weight excluding hydrogens is 858 g/mol. The number of benzene rings is 2. The molecule has 1 aliphatic rings. The molecule has 0 radical (unpaired) electrons. The van der Waals surface area contributed by atoms with Crippen LogP contribution in [-0.4, -0.2) is 62.6 Å². The van der Waals surface area contributed by atoms with Crippen LogP contribution in [0.3, 0.4) is 0 Å². The molecule has 0 saturated heterocycles. The average molecular weight is 890 g/mol. The third-order valence-corrected chi connectivity index (χ3v) is 9.22. The molecule has 0 amide bonds. The van der Waals surface area contributed by atoms with Gasteiger partial charge in [-0.05, 0) is 114 Å². The van der Waals surface area contributed by atoms with Gasteiger partial charge in [-0.3, -0.25) is 9.36 Å². The van der Waals surface area contributed by atoms with Crippen molar-refractivity contribution in [2.24, 2.45) is 4.99 Å². The van der Waals surface area contributed by atoms with Crippen molar-refractivity contribution in [1.82, 2.24) is 4.57 Å². The first-order valence-corrected chi connectivity index (χ1v) is 17.4. The molecule has 1 atom stereocenters. The first-order chi connectivity index (χ1) is 22.5. The number of allylic oxidation sites excluding steroid dienone is 1. The van der Waals surface area contributed by atoms with Crippen LogP contribution in [0.2, 0.25) is 0 Å². The van der Waals surface area contributed by atoms with Crippen molar-refractivity contribution in [3.63, 3.8) is 0 Å². The first kappa shape index (κ1) is 36.4. The van der Waals surface area contributed by atoms with E-state index in [1.165, 1.54) is 23.0 Å². The lowest BCUT2D eigenvalue weighted by Gasteiger charge is -2.25. The Bertz CT molecular complexity index is 1880. The fraction of sp³-hybridized carbons (Fsp3) is 0.344. The highest BCUT2D eigenvalue weighted by Gasteiger charge is 2.34. The summed E-state index contributed by atoms with van der Waals surface area (Å²) in [5, 5.41) is 0. The molecule has 4 rings (SSSR count). The van der Waals surface area contributed by atoms with Crippen molar-refractivity contribution in [3.8, 4) is 17.2 Å². The number of rotatable bonds is 13. The molecule has 0 N–H and O–H groups in total. The lowest BCUT2D eigenvalue weighted by Crippen LogP contribution is -2.40. The number of carbonyl (C=O) groups excluding carboxylic acids is 3. The number of hydrogen-bond donors (Lipinski definition) is 0. The summed E-state index contributed by atoms with van der Waals surface area (Å²) in [6.07, 6.45) is 1.75. The molecule has 0 fully saturated rings. The summed E-state index contributed by atoms with van der Waals surface area (Å²) in [6.45, 7) is 7.08. The van der Waals surface area contributed by atoms with Crippen molar-refractivity contribution in [1.29, 1.82) is 0 Å². The molecule has 0 aliphatic carbocycles. The van der Waals surface area contributed by atoms with Crippen LogP contribution in [0.15, 0.2) is 51.4 Å². The zero-order chi connectivity index (χ0) is 34.2. The summed E-state index contributed by atoms with van der Waals surface area (Å²) < 4.78 is 35.5. The summed E-state index contributed by atoms with van der Waals surface area (Å²) in [5.41, 5.74) is 1.55. The second kappa shape index (κ2) is 16.6. The van der Waals surface area contributed by atoms with Gasteiger partial charge in [-0.2, -0.15) is 0 Å². The number of halogens is 2. The minimum absolute atomic E-state index is 0.133. The Morgan fingerprint density at radius 3 is 2.23 bits per heavy atom. The topological polar surface area (TPSA) is 141 Å². The van der Waals surface area contributed by atoms with Gasteiger partial charge in [-0.1, -0.05) is 17.4 Å². The maximum absolute atomic E-state index is 14.1. The number of thiazole rings is 1. The zero-order valence-electron chi connectivity index (χ0n) is 26.2. The number of carbonyl (C=O) groups is 3. The highest BCUT2D eigenvalue weighted by atomic mass is 127. The van der Waals surface area contributed by atoms with E-state index in [0.717, 1.165) is 12.7 Å². The van der Waals surface area contributed by atoms with Gasteiger partial charge in [0.15, 0.2) is 29.5 Å². The molecule has 2 aromatic carbocycles. The van der Waals surface area contributed by atoms with Gasteiger partial charge in [-0.15, -0.1) is 0 Å². The largest absolute Gasteiger partial charge is 0.490 e. The zero-order valence-corrected chi connectivity index (χ0v) is 31.3. The summed E-state index contributed by atoms with van der Waals surface area (Å²) in [6, 6.07) is 7.79. The molecule has 3 aromatic rings. The molecule has 0 saturated carbocycles. The van der Waals surface area contributed by atoms with Crippen molar-refractivity contribution in [2.75, 3.05) is 40.1 Å². The van der Waals surface area contributed by atoms with Crippen LogP contribution in [0.1, 0.15) is 44.9 Å². The second-order valence-corrected chi connectivity index (χ2v) is 13.0. The van der Waals surface area contributed by atoms with Crippen LogP contribution < -0.4 is 29.1 Å². The molecule has 1 aromatic heterocycles. The minimum atomic E-state index is -0.889. The van der Waals surface area contributed by atoms with Crippen LogP contribution in [0.4, 0.5) is 0 Å². The average Bonchev–Trinajstić information content (AvgIpc) is 3.33. The van der Waals surface area contributed by atoms with Gasteiger partial charge in [0.25, 0.3) is 5.56 Å². The van der Waals surface area contributed by atoms with E-state index >= 15 is 0 Å². The number of esters is 3. The van der Waals surface area contributed by atoms with Crippen LogP contribution in [-0.2, 0) is 28.6 Å². The second-order valence-electron chi connectivity index (χ2n) is 9.71. The molecule has 0 unspecified atom stereocenters. The lowest BCUT2D eigenvalue weighted by molar-refractivity contribution is -0.145. The Morgan fingerprint density at radius 2 is 1.60 bits per heavy atom. The summed E-state index contributed by atoms with van der Waals surface area (Å²) in [7, 11) is 1.26. The monoisotopic (exact) mass is 890 g/mol. The summed E-state index contributed by atoms with van der Waals surface area (Å²) in [4.78, 5) is 56.0. The molecule has 2 heterocycles. The Labute approximate surface area is 301 Å². The number of fused-ring (bicyclic) bond motifs is 1. The van der Waals surface area contributed by atoms with Crippen molar-refractivity contribution in [2.45, 2.75) is 33.7 Å². The number of nitrogens with zero attached hydrogens (tertiary/aromatic N) is 2. The van der Waals surface area contributed by atoms with Gasteiger partial charge in [0.2, 0.25) is 0 Å². The molecule has 0 bridgehead atoms. The Balaban J connectivity index is 1.82. The third-order valence-electron chi connectivity index (χ3n) is 6.63. The van der Waals surface area contributed by atoms with E-state index in [4.69, 9.17) is 23.7 Å². The van der Waals surface area contributed by atoms with Gasteiger partial charge in [0.05, 0.1) is 55.9 Å². The van der Waals surface area contributed by atoms with Crippen molar-refractivity contribution >= 4 is 80.5 Å². The standard InChI is InChI=1S/C32H32I2N2O10S/c1-6-42-23-14-19(9-10-22(23)45-15-25(37)41-5)28-27(31(40)44-8-3)17(4)35-32-36(28)30(39)24(47-32)13-18-11-20(33)29(21(34)12-18)46-16-26(38)43-7-2/h9-14,28H,6-8,15-16H2,1-5H3/b24-13-/t28-/m0/s1. The quantitative estimate of drug-likeness (QED) is 0.141. The predicted molar refractivity (Wildman–Crippen MR) is 190 cm³/mol. The normalized spacial score (nSPS) is 14.2. The van der Waals surface area contributed by atoms with Gasteiger partial charge in [0.1, 0.15) is 5.75 Å². The highest BCUT2D eigenvalue weighted by molar-refractivity contribution is 14.1. The SMILES string of the molecule is CCOC(=O)COc1c(I)cc(/C=c2\sc3n(c2=O)[C@@H](c2ccc(OCC(=O)OC)c(OCC)c2)C(C(=O)OCC)=C(C)N=3)cc1I. The minimum Gasteiger partial charge on any atom is -0.490 e. The number of ether oxygens (including phenoxy) is 6. The van der Waals surface area contributed by atoms with Gasteiger partial charge in [-0.25, -0.2) is 19.4 Å². The Kier molecular flexibility index (Phi) is 12.8. The predicted octanol–water partition coefficient (Wildman–Crippen LogP) is 3.90. The maximum Gasteiger partial charge on any atom is 0.344 e. The Morgan fingerprint density at radius 1 is 0.915 bits per heavy atom. The van der Waals surface area contributed by atoms with E-state index < -0.39 is 23.9 Å². The maximum atomic E-state index is 14.1. The van der Waals surface area contributed by atoms with Gasteiger partial charge in [0, 0.05) is 0 Å². The van der Waals surface area contributed by atoms with Crippen molar-refractivity contribution < 1.29 is 42.8 Å². The summed E-state index contributed by atoms with van der Waals surface area (Å²) in [5.74, 6) is -0.465. The van der Waals surface area contributed by atoms with E-state index in [2.05, 4.69) is 54.9 Å². The van der Waals surface area contributed by atoms with E-state index in [-0.39, 0.29) is 37.6 Å². The molecule has 250 valence electrons. The van der Waals surface area contributed by atoms with E-state index in [1.54, 1.807) is 52.0 Å². The van der Waals surface area contributed by atoms with Gasteiger partial charge < -0.3 is 28.4 Å². The van der Waals surface area contributed by atoms with E-state index in [1.807, 2.05) is 12.1 Å².